The van der Waals surface area contributed by atoms with Crippen LogP contribution >= 0.6 is 0 Å². The van der Waals surface area contributed by atoms with Gasteiger partial charge in [-0.05, 0) is 44.6 Å². The van der Waals surface area contributed by atoms with E-state index in [0.29, 0.717) is 18.4 Å². The summed E-state index contributed by atoms with van der Waals surface area (Å²) in [5.41, 5.74) is 0.304. The second-order valence-corrected chi connectivity index (χ2v) is 6.75. The van der Waals surface area contributed by atoms with Crippen molar-refractivity contribution in [1.29, 1.82) is 0 Å². The molecule has 0 spiro atoms. The number of nitrogens with zero attached hydrogens (tertiary/aromatic N) is 2. The van der Waals surface area contributed by atoms with Crippen LogP contribution in [0.4, 0.5) is 0 Å². The van der Waals surface area contributed by atoms with Crippen LogP contribution in [0.25, 0.3) is 0 Å². The fourth-order valence-electron chi connectivity index (χ4n) is 3.51. The highest BCUT2D eigenvalue weighted by Crippen LogP contribution is 2.47. The van der Waals surface area contributed by atoms with Crippen LogP contribution in [-0.2, 0) is 11.2 Å². The number of carboxylic acid groups (broad SMARTS) is 1. The Bertz CT molecular complexity index is 486. The smallest absolute Gasteiger partial charge is 0.310 e. The Balaban J connectivity index is 1.71. The molecule has 0 amide bonds. The minimum absolute atomic E-state index is 0.333. The lowest BCUT2D eigenvalue weighted by Crippen LogP contribution is -2.32. The monoisotopic (exact) mass is 276 g/mol. The fraction of sp³-hybridized carbons (Fsp3) is 0.750. The highest BCUT2D eigenvalue weighted by molar-refractivity contribution is 5.75. The molecular weight excluding hydrogens is 252 g/mol. The van der Waals surface area contributed by atoms with Crippen molar-refractivity contribution in [3.63, 3.8) is 0 Å². The predicted octanol–water partition coefficient (Wildman–Crippen LogP) is 3.43. The molecule has 110 valence electrons. The van der Waals surface area contributed by atoms with Gasteiger partial charge in [0, 0.05) is 12.6 Å². The van der Waals surface area contributed by atoms with E-state index in [2.05, 4.69) is 9.78 Å². The van der Waals surface area contributed by atoms with Crippen LogP contribution in [-0.4, -0.2) is 20.9 Å². The fourth-order valence-corrected chi connectivity index (χ4v) is 3.51. The lowest BCUT2D eigenvalue weighted by Gasteiger charge is -2.24. The number of rotatable bonds is 5. The third-order valence-corrected chi connectivity index (χ3v) is 5.13. The van der Waals surface area contributed by atoms with E-state index in [4.69, 9.17) is 0 Å². The highest BCUT2D eigenvalue weighted by Gasteiger charge is 2.47. The van der Waals surface area contributed by atoms with Gasteiger partial charge < -0.3 is 5.11 Å². The molecule has 2 aliphatic rings. The summed E-state index contributed by atoms with van der Waals surface area (Å²) in [5, 5.41) is 14.2. The van der Waals surface area contributed by atoms with Crippen LogP contribution < -0.4 is 0 Å². The number of carbonyl (C=O) groups is 1. The molecule has 0 saturated heterocycles. The van der Waals surface area contributed by atoms with E-state index in [1.807, 2.05) is 19.2 Å². The third kappa shape index (κ3) is 2.60. The second kappa shape index (κ2) is 5.23. The maximum absolute atomic E-state index is 11.6. The van der Waals surface area contributed by atoms with Gasteiger partial charge in [0.15, 0.2) is 0 Å². The van der Waals surface area contributed by atoms with Gasteiger partial charge in [-0.1, -0.05) is 19.3 Å². The average Bonchev–Trinajstić information content (AvgIpc) is 3.21. The first-order chi connectivity index (χ1) is 9.59. The van der Waals surface area contributed by atoms with Crippen molar-refractivity contribution >= 4 is 5.97 Å². The van der Waals surface area contributed by atoms with E-state index in [9.17, 15) is 9.90 Å². The van der Waals surface area contributed by atoms with Gasteiger partial charge in [-0.25, -0.2) is 0 Å². The maximum Gasteiger partial charge on any atom is 0.310 e. The standard InChI is InChI=1S/C16H24N2O2/c1-16(15(19)20,12-7-8-12)11-13-9-10-18(17-13)14-5-3-2-4-6-14/h9-10,12,14H,2-8,11H2,1H3,(H,19,20). The van der Waals surface area contributed by atoms with Gasteiger partial charge in [0.2, 0.25) is 0 Å². The zero-order chi connectivity index (χ0) is 14.2. The molecule has 2 saturated carbocycles. The van der Waals surface area contributed by atoms with Gasteiger partial charge in [-0.2, -0.15) is 5.10 Å². The van der Waals surface area contributed by atoms with Crippen molar-refractivity contribution in [3.05, 3.63) is 18.0 Å². The molecule has 1 heterocycles. The van der Waals surface area contributed by atoms with Crippen LogP contribution in [0, 0.1) is 11.3 Å². The molecule has 4 heteroatoms. The third-order valence-electron chi connectivity index (χ3n) is 5.13. The Morgan fingerprint density at radius 2 is 2.05 bits per heavy atom. The Morgan fingerprint density at radius 1 is 1.35 bits per heavy atom. The summed E-state index contributed by atoms with van der Waals surface area (Å²) in [6.45, 7) is 1.88. The van der Waals surface area contributed by atoms with E-state index >= 15 is 0 Å². The van der Waals surface area contributed by atoms with E-state index < -0.39 is 11.4 Å². The van der Waals surface area contributed by atoms with Crippen LogP contribution in [0.3, 0.4) is 0 Å². The van der Waals surface area contributed by atoms with Crippen molar-refractivity contribution in [2.24, 2.45) is 11.3 Å². The summed E-state index contributed by atoms with van der Waals surface area (Å²) >= 11 is 0. The largest absolute Gasteiger partial charge is 0.481 e. The first-order valence-electron chi connectivity index (χ1n) is 7.87. The zero-order valence-electron chi connectivity index (χ0n) is 12.2. The second-order valence-electron chi connectivity index (χ2n) is 6.75. The summed E-state index contributed by atoms with van der Waals surface area (Å²) in [7, 11) is 0. The molecule has 1 unspecified atom stereocenters. The molecule has 4 nitrogen and oxygen atoms in total. The molecule has 1 aromatic rings. The molecule has 0 aliphatic heterocycles. The molecule has 1 aromatic heterocycles. The number of hydrogen-bond donors (Lipinski definition) is 1. The van der Waals surface area contributed by atoms with E-state index in [1.165, 1.54) is 32.1 Å². The van der Waals surface area contributed by atoms with E-state index in [-0.39, 0.29) is 0 Å². The maximum atomic E-state index is 11.6. The Morgan fingerprint density at radius 3 is 2.65 bits per heavy atom. The molecule has 0 bridgehead atoms. The minimum Gasteiger partial charge on any atom is -0.481 e. The number of aromatic nitrogens is 2. The Kier molecular flexibility index (Phi) is 3.57. The summed E-state index contributed by atoms with van der Waals surface area (Å²) in [5.74, 6) is -0.341. The molecule has 1 N–H and O–H groups in total. The quantitative estimate of drug-likeness (QED) is 0.896. The molecule has 3 rings (SSSR count). The molecular formula is C16H24N2O2. The van der Waals surface area contributed by atoms with Crippen LogP contribution in [0.2, 0.25) is 0 Å². The summed E-state index contributed by atoms with van der Waals surface area (Å²) in [6, 6.07) is 2.53. The van der Waals surface area contributed by atoms with Crippen molar-refractivity contribution in [3.8, 4) is 0 Å². The Hall–Kier alpha value is -1.32. The average molecular weight is 276 g/mol. The summed E-state index contributed by atoms with van der Waals surface area (Å²) < 4.78 is 2.07. The normalized spacial score (nSPS) is 23.4. The van der Waals surface area contributed by atoms with Crippen LogP contribution in [0.15, 0.2) is 12.3 Å². The van der Waals surface area contributed by atoms with Crippen LogP contribution in [0.5, 0.6) is 0 Å². The van der Waals surface area contributed by atoms with Gasteiger partial charge in [-0.3, -0.25) is 9.48 Å². The van der Waals surface area contributed by atoms with E-state index in [1.54, 1.807) is 0 Å². The van der Waals surface area contributed by atoms with E-state index in [0.717, 1.165) is 18.5 Å². The molecule has 2 aliphatic carbocycles. The van der Waals surface area contributed by atoms with Gasteiger partial charge in [0.25, 0.3) is 0 Å². The van der Waals surface area contributed by atoms with Crippen molar-refractivity contribution in [2.75, 3.05) is 0 Å². The van der Waals surface area contributed by atoms with Gasteiger partial charge in [-0.15, -0.1) is 0 Å². The Labute approximate surface area is 120 Å². The number of hydrogen-bond acceptors (Lipinski definition) is 2. The molecule has 1 atom stereocenters. The lowest BCUT2D eigenvalue weighted by atomic mass is 9.80. The highest BCUT2D eigenvalue weighted by atomic mass is 16.4. The van der Waals surface area contributed by atoms with Gasteiger partial charge in [0.1, 0.15) is 0 Å². The van der Waals surface area contributed by atoms with Gasteiger partial charge >= 0.3 is 5.97 Å². The summed E-state index contributed by atoms with van der Waals surface area (Å²) in [6.07, 6.45) is 11.0. The van der Waals surface area contributed by atoms with Gasteiger partial charge in [0.05, 0.1) is 17.2 Å². The number of aliphatic carboxylic acids is 1. The lowest BCUT2D eigenvalue weighted by molar-refractivity contribution is -0.149. The SMILES string of the molecule is CC(Cc1ccn(C2CCCCC2)n1)(C(=O)O)C1CC1. The molecule has 20 heavy (non-hydrogen) atoms. The molecule has 0 radical (unpaired) electrons. The van der Waals surface area contributed by atoms with Crippen molar-refractivity contribution in [2.45, 2.75) is 64.3 Å². The number of carboxylic acids is 1. The minimum atomic E-state index is -0.674. The van der Waals surface area contributed by atoms with Crippen molar-refractivity contribution in [1.82, 2.24) is 9.78 Å². The predicted molar refractivity (Wildman–Crippen MR) is 76.5 cm³/mol. The summed E-state index contributed by atoms with van der Waals surface area (Å²) in [4.78, 5) is 11.6. The first-order valence-corrected chi connectivity index (χ1v) is 7.87. The topological polar surface area (TPSA) is 55.1 Å². The molecule has 2 fully saturated rings. The zero-order valence-corrected chi connectivity index (χ0v) is 12.2. The first kappa shape index (κ1) is 13.7. The van der Waals surface area contributed by atoms with Crippen molar-refractivity contribution < 1.29 is 9.90 Å². The van der Waals surface area contributed by atoms with Crippen LogP contribution in [0.1, 0.15) is 63.6 Å². The molecule has 0 aromatic carbocycles.